The number of carbonyl (C=O) groups is 1. The Morgan fingerprint density at radius 1 is 0.963 bits per heavy atom. The molecule has 0 aromatic heterocycles. The molecule has 1 aliphatic heterocycles. The molecule has 0 aliphatic carbocycles. The van der Waals surface area contributed by atoms with Crippen LogP contribution in [0, 0.1) is 0 Å². The summed E-state index contributed by atoms with van der Waals surface area (Å²) in [4.78, 5) is 11.9. The monoisotopic (exact) mass is 368 g/mol. The molecular weight excluding hydrogens is 346 g/mol. The lowest BCUT2D eigenvalue weighted by Crippen LogP contribution is -2.41. The second-order valence-corrected chi connectivity index (χ2v) is 7.45. The fraction of sp³-hybridized carbons (Fsp3) is 0.286. The molecule has 1 fully saturated rings. The number of benzene rings is 2. The van der Waals surface area contributed by atoms with Crippen LogP contribution in [-0.4, -0.2) is 24.3 Å². The first-order valence-electron chi connectivity index (χ1n) is 8.77. The Morgan fingerprint density at radius 3 is 2.19 bits per heavy atom. The van der Waals surface area contributed by atoms with Crippen LogP contribution >= 0.6 is 0 Å². The standard InChI is InChI=1S/C21H22BFO4/c1-20(2)21(3,4)27-22(26-20)17-12-8-11-16(13-17)18(23)14-25-19(24)15-9-6-5-7-10-15/h5-14H,1-4H3. The molecule has 3 rings (SSSR count). The van der Waals surface area contributed by atoms with Crippen molar-refractivity contribution in [3.05, 3.63) is 72.0 Å². The van der Waals surface area contributed by atoms with Gasteiger partial charge in [0.25, 0.3) is 0 Å². The first-order chi connectivity index (χ1) is 12.7. The zero-order valence-electron chi connectivity index (χ0n) is 15.9. The highest BCUT2D eigenvalue weighted by Crippen LogP contribution is 2.36. The van der Waals surface area contributed by atoms with Crippen LogP contribution in [0.1, 0.15) is 43.6 Å². The fourth-order valence-corrected chi connectivity index (χ4v) is 2.63. The molecule has 2 aromatic carbocycles. The number of hydrogen-bond acceptors (Lipinski definition) is 4. The average Bonchev–Trinajstić information content (AvgIpc) is 2.88. The zero-order valence-corrected chi connectivity index (χ0v) is 15.9. The van der Waals surface area contributed by atoms with Crippen molar-refractivity contribution >= 4 is 24.4 Å². The lowest BCUT2D eigenvalue weighted by Gasteiger charge is -2.32. The van der Waals surface area contributed by atoms with Crippen LogP contribution in [0.25, 0.3) is 5.83 Å². The molecule has 0 atom stereocenters. The van der Waals surface area contributed by atoms with Crippen molar-refractivity contribution in [3.63, 3.8) is 0 Å². The molecule has 0 amide bonds. The van der Waals surface area contributed by atoms with Crippen molar-refractivity contribution < 1.29 is 23.2 Å². The van der Waals surface area contributed by atoms with Crippen molar-refractivity contribution in [1.82, 2.24) is 0 Å². The summed E-state index contributed by atoms with van der Waals surface area (Å²) >= 11 is 0. The summed E-state index contributed by atoms with van der Waals surface area (Å²) in [5.41, 5.74) is 0.375. The molecule has 0 radical (unpaired) electrons. The Kier molecular flexibility index (Phi) is 5.22. The third-order valence-electron chi connectivity index (χ3n) is 4.97. The number of esters is 1. The normalized spacial score (nSPS) is 18.4. The number of carbonyl (C=O) groups excluding carboxylic acids is 1. The Balaban J connectivity index is 1.74. The minimum atomic E-state index is -0.655. The molecular formula is C21H22BFO4. The van der Waals surface area contributed by atoms with Gasteiger partial charge in [0, 0.05) is 5.56 Å². The highest BCUT2D eigenvalue weighted by molar-refractivity contribution is 6.62. The van der Waals surface area contributed by atoms with Crippen LogP contribution in [0.5, 0.6) is 0 Å². The summed E-state index contributed by atoms with van der Waals surface area (Å²) in [5.74, 6) is -1.27. The molecule has 27 heavy (non-hydrogen) atoms. The molecule has 1 saturated heterocycles. The average molecular weight is 368 g/mol. The highest BCUT2D eigenvalue weighted by Gasteiger charge is 2.51. The minimum absolute atomic E-state index is 0.281. The lowest BCUT2D eigenvalue weighted by molar-refractivity contribution is 0.00578. The van der Waals surface area contributed by atoms with E-state index in [1.165, 1.54) is 0 Å². The third kappa shape index (κ3) is 4.12. The second kappa shape index (κ2) is 7.29. The molecule has 0 unspecified atom stereocenters. The van der Waals surface area contributed by atoms with Gasteiger partial charge in [0.2, 0.25) is 0 Å². The molecule has 1 aliphatic rings. The van der Waals surface area contributed by atoms with E-state index in [4.69, 9.17) is 14.0 Å². The van der Waals surface area contributed by atoms with E-state index in [2.05, 4.69) is 0 Å². The first kappa shape index (κ1) is 19.3. The summed E-state index contributed by atoms with van der Waals surface area (Å²) in [6, 6.07) is 15.2. The SMILES string of the molecule is CC1(C)OB(c2cccc(C(F)=COC(=O)c3ccccc3)c2)OC1(C)C. The molecule has 0 spiro atoms. The van der Waals surface area contributed by atoms with Crippen LogP contribution in [0.4, 0.5) is 4.39 Å². The smallest absolute Gasteiger partial charge is 0.428 e. The molecule has 0 N–H and O–H groups in total. The van der Waals surface area contributed by atoms with Crippen LogP contribution in [0.3, 0.4) is 0 Å². The molecule has 6 heteroatoms. The summed E-state index contributed by atoms with van der Waals surface area (Å²) < 4.78 is 31.4. The maximum absolute atomic E-state index is 14.5. The van der Waals surface area contributed by atoms with Gasteiger partial charge in [-0.1, -0.05) is 42.5 Å². The van der Waals surface area contributed by atoms with Gasteiger partial charge in [-0.2, -0.15) is 0 Å². The Bertz CT molecular complexity index is 845. The summed E-state index contributed by atoms with van der Waals surface area (Å²) in [7, 11) is -0.588. The van der Waals surface area contributed by atoms with E-state index in [0.29, 0.717) is 11.0 Å². The van der Waals surface area contributed by atoms with Crippen molar-refractivity contribution in [2.45, 2.75) is 38.9 Å². The minimum Gasteiger partial charge on any atom is -0.428 e. The number of ether oxygens (including phenoxy) is 1. The van der Waals surface area contributed by atoms with Gasteiger partial charge in [-0.05, 0) is 45.3 Å². The maximum Gasteiger partial charge on any atom is 0.494 e. The lowest BCUT2D eigenvalue weighted by atomic mass is 9.78. The Hall–Kier alpha value is -2.44. The van der Waals surface area contributed by atoms with E-state index < -0.39 is 30.1 Å². The van der Waals surface area contributed by atoms with Crippen molar-refractivity contribution in [1.29, 1.82) is 0 Å². The number of rotatable bonds is 4. The maximum atomic E-state index is 14.5. The Morgan fingerprint density at radius 2 is 1.56 bits per heavy atom. The van der Waals surface area contributed by atoms with Crippen LogP contribution < -0.4 is 5.46 Å². The number of halogens is 1. The van der Waals surface area contributed by atoms with E-state index in [0.717, 1.165) is 6.26 Å². The van der Waals surface area contributed by atoms with Gasteiger partial charge in [-0.15, -0.1) is 0 Å². The van der Waals surface area contributed by atoms with Crippen molar-refractivity contribution in [2.75, 3.05) is 0 Å². The fourth-order valence-electron chi connectivity index (χ4n) is 2.63. The predicted molar refractivity (Wildman–Crippen MR) is 103 cm³/mol. The highest BCUT2D eigenvalue weighted by atomic mass is 19.1. The van der Waals surface area contributed by atoms with Crippen LogP contribution in [0.2, 0.25) is 0 Å². The topological polar surface area (TPSA) is 44.8 Å². The zero-order chi connectivity index (χ0) is 19.7. The van der Waals surface area contributed by atoms with E-state index in [1.54, 1.807) is 48.5 Å². The van der Waals surface area contributed by atoms with E-state index >= 15 is 0 Å². The van der Waals surface area contributed by atoms with Gasteiger partial charge in [0.05, 0.1) is 16.8 Å². The van der Waals surface area contributed by atoms with Gasteiger partial charge < -0.3 is 14.0 Å². The van der Waals surface area contributed by atoms with Gasteiger partial charge >= 0.3 is 13.1 Å². The summed E-state index contributed by atoms with van der Waals surface area (Å²) in [6.07, 6.45) is 0.818. The van der Waals surface area contributed by atoms with Crippen LogP contribution in [0.15, 0.2) is 60.9 Å². The number of hydrogen-bond donors (Lipinski definition) is 0. The van der Waals surface area contributed by atoms with Gasteiger partial charge in [-0.25, -0.2) is 9.18 Å². The molecule has 4 nitrogen and oxygen atoms in total. The van der Waals surface area contributed by atoms with Crippen LogP contribution in [-0.2, 0) is 14.0 Å². The molecule has 2 aromatic rings. The van der Waals surface area contributed by atoms with Gasteiger partial charge in [0.1, 0.15) is 6.26 Å². The summed E-state index contributed by atoms with van der Waals surface area (Å²) in [6.45, 7) is 7.83. The van der Waals surface area contributed by atoms with Crippen molar-refractivity contribution in [2.24, 2.45) is 0 Å². The Labute approximate surface area is 159 Å². The van der Waals surface area contributed by atoms with Gasteiger partial charge in [0.15, 0.2) is 5.83 Å². The largest absolute Gasteiger partial charge is 0.494 e. The van der Waals surface area contributed by atoms with E-state index in [9.17, 15) is 9.18 Å². The predicted octanol–water partition coefficient (Wildman–Crippen LogP) is 4.11. The molecule has 0 bridgehead atoms. The summed E-state index contributed by atoms with van der Waals surface area (Å²) in [5, 5.41) is 0. The molecule has 0 saturated carbocycles. The van der Waals surface area contributed by atoms with Gasteiger partial charge in [-0.3, -0.25) is 0 Å². The second-order valence-electron chi connectivity index (χ2n) is 7.45. The first-order valence-corrected chi connectivity index (χ1v) is 8.77. The molecule has 140 valence electrons. The quantitative estimate of drug-likeness (QED) is 0.463. The van der Waals surface area contributed by atoms with E-state index in [-0.39, 0.29) is 5.56 Å². The van der Waals surface area contributed by atoms with Crippen molar-refractivity contribution in [3.8, 4) is 0 Å². The third-order valence-corrected chi connectivity index (χ3v) is 4.97. The van der Waals surface area contributed by atoms with E-state index in [1.807, 2.05) is 33.8 Å². The molecule has 1 heterocycles.